The van der Waals surface area contributed by atoms with Gasteiger partial charge >= 0.3 is 0 Å². The lowest BCUT2D eigenvalue weighted by Gasteiger charge is -2.16. The van der Waals surface area contributed by atoms with E-state index in [1.165, 1.54) is 11.3 Å². The van der Waals surface area contributed by atoms with Gasteiger partial charge in [-0.1, -0.05) is 29.8 Å². The van der Waals surface area contributed by atoms with Gasteiger partial charge in [0.05, 0.1) is 14.1 Å². The quantitative estimate of drug-likeness (QED) is 0.596. The maximum absolute atomic E-state index is 12.2. The summed E-state index contributed by atoms with van der Waals surface area (Å²) in [7, 11) is 1.91. The Bertz CT molecular complexity index is 629. The molecule has 2 rings (SSSR count). The van der Waals surface area contributed by atoms with Gasteiger partial charge in [0.15, 0.2) is 5.78 Å². The molecule has 0 atom stereocenters. The first-order chi connectivity index (χ1) is 9.47. The highest BCUT2D eigenvalue weighted by molar-refractivity contribution is 9.12. The molecule has 0 radical (unpaired) electrons. The van der Waals surface area contributed by atoms with Crippen molar-refractivity contribution in [1.82, 2.24) is 4.90 Å². The lowest BCUT2D eigenvalue weighted by atomic mass is 10.2. The summed E-state index contributed by atoms with van der Waals surface area (Å²) in [6, 6.07) is 9.53. The molecule has 2 aromatic rings. The molecule has 0 N–H and O–H groups in total. The maximum Gasteiger partial charge on any atom is 0.178 e. The van der Waals surface area contributed by atoms with Gasteiger partial charge < -0.3 is 0 Å². The van der Waals surface area contributed by atoms with Gasteiger partial charge in [-0.3, -0.25) is 9.69 Å². The average Bonchev–Trinajstić information content (AvgIpc) is 2.71. The summed E-state index contributed by atoms with van der Waals surface area (Å²) >= 11 is 14.4. The van der Waals surface area contributed by atoms with Crippen molar-refractivity contribution >= 4 is 60.6 Å². The van der Waals surface area contributed by atoms with Crippen LogP contribution in [0.25, 0.3) is 0 Å². The van der Waals surface area contributed by atoms with E-state index in [0.717, 1.165) is 18.2 Å². The number of carbonyl (C=O) groups is 1. The Morgan fingerprint density at radius 3 is 2.65 bits per heavy atom. The molecule has 0 saturated heterocycles. The second kappa shape index (κ2) is 7.18. The van der Waals surface area contributed by atoms with E-state index in [9.17, 15) is 4.79 Å². The van der Waals surface area contributed by atoms with Crippen LogP contribution in [-0.2, 0) is 6.54 Å². The van der Waals surface area contributed by atoms with Gasteiger partial charge in [0.25, 0.3) is 0 Å². The molecule has 1 aromatic carbocycles. The zero-order valence-corrected chi connectivity index (χ0v) is 15.4. The van der Waals surface area contributed by atoms with Crippen LogP contribution in [-0.4, -0.2) is 24.3 Å². The van der Waals surface area contributed by atoms with Crippen LogP contribution in [0.2, 0.25) is 5.02 Å². The number of nitrogens with zero attached hydrogens (tertiary/aromatic N) is 1. The Morgan fingerprint density at radius 1 is 1.35 bits per heavy atom. The molecule has 106 valence electrons. The molecular formula is C14H12Br2ClNOS. The normalized spacial score (nSPS) is 11.1. The molecule has 0 spiro atoms. The minimum Gasteiger partial charge on any atom is -0.295 e. The first-order valence-electron chi connectivity index (χ1n) is 5.87. The van der Waals surface area contributed by atoms with Crippen LogP contribution in [0, 0.1) is 0 Å². The molecule has 2 nitrogen and oxygen atoms in total. The van der Waals surface area contributed by atoms with E-state index in [4.69, 9.17) is 11.6 Å². The molecule has 0 bridgehead atoms. The van der Waals surface area contributed by atoms with E-state index in [2.05, 4.69) is 31.9 Å². The Kier molecular flexibility index (Phi) is 5.81. The van der Waals surface area contributed by atoms with Crippen LogP contribution in [0.1, 0.15) is 15.9 Å². The predicted molar refractivity (Wildman–Crippen MR) is 91.8 cm³/mol. The molecule has 1 aromatic heterocycles. The SMILES string of the molecule is CN(CC(=O)c1cc(Br)sc1Br)Cc1ccccc1Cl. The first kappa shape index (κ1) is 16.2. The highest BCUT2D eigenvalue weighted by atomic mass is 79.9. The average molecular weight is 438 g/mol. The largest absolute Gasteiger partial charge is 0.295 e. The van der Waals surface area contributed by atoms with Crippen LogP contribution in [0.15, 0.2) is 37.9 Å². The lowest BCUT2D eigenvalue weighted by Crippen LogP contribution is -2.25. The Balaban J connectivity index is 2.01. The smallest absolute Gasteiger partial charge is 0.178 e. The molecule has 20 heavy (non-hydrogen) atoms. The molecule has 0 aliphatic carbocycles. The molecule has 0 amide bonds. The number of hydrogen-bond acceptors (Lipinski definition) is 3. The highest BCUT2D eigenvalue weighted by Crippen LogP contribution is 2.32. The standard InChI is InChI=1S/C14H12Br2ClNOS/c1-18(7-9-4-2-3-5-11(9)17)8-12(19)10-6-13(15)20-14(10)16/h2-6H,7-8H2,1H3. The van der Waals surface area contributed by atoms with Crippen molar-refractivity contribution in [2.45, 2.75) is 6.54 Å². The fraction of sp³-hybridized carbons (Fsp3) is 0.214. The second-order valence-corrected chi connectivity index (χ2v) is 8.58. The minimum absolute atomic E-state index is 0.0911. The number of hydrogen-bond donors (Lipinski definition) is 0. The van der Waals surface area contributed by atoms with Gasteiger partial charge in [0, 0.05) is 17.1 Å². The Hall–Kier alpha value is -0.200. The van der Waals surface area contributed by atoms with Crippen LogP contribution in [0.5, 0.6) is 0 Å². The predicted octanol–water partition coefficient (Wildman–Crippen LogP) is 5.24. The van der Waals surface area contributed by atoms with E-state index in [0.29, 0.717) is 18.7 Å². The third kappa shape index (κ3) is 4.15. The Labute approximate surface area is 144 Å². The van der Waals surface area contributed by atoms with E-state index in [1.807, 2.05) is 42.3 Å². The Morgan fingerprint density at radius 2 is 2.05 bits per heavy atom. The summed E-state index contributed by atoms with van der Waals surface area (Å²) < 4.78 is 1.81. The van der Waals surface area contributed by atoms with Crippen molar-refractivity contribution < 1.29 is 4.79 Å². The van der Waals surface area contributed by atoms with Crippen LogP contribution in [0.4, 0.5) is 0 Å². The third-order valence-corrected chi connectivity index (χ3v) is 5.48. The first-order valence-corrected chi connectivity index (χ1v) is 8.65. The van der Waals surface area contributed by atoms with Crippen molar-refractivity contribution in [3.05, 3.63) is 54.1 Å². The number of benzene rings is 1. The summed E-state index contributed by atoms with van der Waals surface area (Å²) in [5, 5.41) is 0.728. The van der Waals surface area contributed by atoms with E-state index < -0.39 is 0 Å². The van der Waals surface area contributed by atoms with Gasteiger partial charge in [-0.2, -0.15) is 0 Å². The van der Waals surface area contributed by atoms with Crippen LogP contribution in [0.3, 0.4) is 0 Å². The summed E-state index contributed by atoms with van der Waals surface area (Å²) in [6.45, 7) is 1.00. The van der Waals surface area contributed by atoms with Crippen LogP contribution < -0.4 is 0 Å². The molecular weight excluding hydrogens is 425 g/mol. The zero-order valence-electron chi connectivity index (χ0n) is 10.7. The van der Waals surface area contributed by atoms with Gasteiger partial charge in [-0.05, 0) is 56.6 Å². The van der Waals surface area contributed by atoms with Crippen molar-refractivity contribution in [3.63, 3.8) is 0 Å². The number of likely N-dealkylation sites (N-methyl/N-ethyl adjacent to an activating group) is 1. The molecule has 0 unspecified atom stereocenters. The number of Topliss-reactive ketones (excluding diaryl/α,β-unsaturated/α-hetero) is 1. The molecule has 0 fully saturated rings. The second-order valence-electron chi connectivity index (χ2n) is 4.42. The summed E-state index contributed by atoms with van der Waals surface area (Å²) in [6.07, 6.45) is 0. The topological polar surface area (TPSA) is 20.3 Å². The van der Waals surface area contributed by atoms with Gasteiger partial charge in [-0.15, -0.1) is 11.3 Å². The zero-order chi connectivity index (χ0) is 14.7. The summed E-state index contributed by atoms with van der Waals surface area (Å²) in [4.78, 5) is 14.2. The van der Waals surface area contributed by atoms with Gasteiger partial charge in [0.1, 0.15) is 0 Å². The fourth-order valence-electron chi connectivity index (χ4n) is 1.83. The molecule has 6 heteroatoms. The monoisotopic (exact) mass is 435 g/mol. The minimum atomic E-state index is 0.0911. The highest BCUT2D eigenvalue weighted by Gasteiger charge is 2.16. The van der Waals surface area contributed by atoms with E-state index in [-0.39, 0.29) is 5.78 Å². The molecule has 0 aliphatic rings. The van der Waals surface area contributed by atoms with Crippen molar-refractivity contribution in [3.8, 4) is 0 Å². The number of halogens is 3. The number of ketones is 1. The van der Waals surface area contributed by atoms with E-state index >= 15 is 0 Å². The van der Waals surface area contributed by atoms with Crippen molar-refractivity contribution in [1.29, 1.82) is 0 Å². The molecule has 0 saturated carbocycles. The number of thiophene rings is 1. The summed E-state index contributed by atoms with van der Waals surface area (Å²) in [5.41, 5.74) is 1.74. The fourth-order valence-corrected chi connectivity index (χ4v) is 4.89. The van der Waals surface area contributed by atoms with Crippen LogP contribution >= 0.6 is 54.8 Å². The maximum atomic E-state index is 12.2. The van der Waals surface area contributed by atoms with Crippen molar-refractivity contribution in [2.75, 3.05) is 13.6 Å². The lowest BCUT2D eigenvalue weighted by molar-refractivity contribution is 0.0943. The molecule has 1 heterocycles. The van der Waals surface area contributed by atoms with Gasteiger partial charge in [-0.25, -0.2) is 0 Å². The van der Waals surface area contributed by atoms with E-state index in [1.54, 1.807) is 0 Å². The number of rotatable bonds is 5. The summed E-state index contributed by atoms with van der Waals surface area (Å²) in [5.74, 6) is 0.0911. The van der Waals surface area contributed by atoms with Gasteiger partial charge in [0.2, 0.25) is 0 Å². The van der Waals surface area contributed by atoms with Crippen molar-refractivity contribution in [2.24, 2.45) is 0 Å². The molecule has 0 aliphatic heterocycles. The third-order valence-electron chi connectivity index (χ3n) is 2.77. The number of carbonyl (C=O) groups excluding carboxylic acids is 1.